The van der Waals surface area contributed by atoms with Crippen LogP contribution in [0.2, 0.25) is 0 Å². The van der Waals surface area contributed by atoms with Gasteiger partial charge in [-0.15, -0.1) is 0 Å². The predicted octanol–water partition coefficient (Wildman–Crippen LogP) is 1.77. The quantitative estimate of drug-likeness (QED) is 0.762. The Balaban J connectivity index is 2.25. The van der Waals surface area contributed by atoms with Crippen LogP contribution in [-0.4, -0.2) is 11.5 Å². The zero-order valence-corrected chi connectivity index (χ0v) is 8.09. The second-order valence-electron chi connectivity index (χ2n) is 4.07. The summed E-state index contributed by atoms with van der Waals surface area (Å²) < 4.78 is 0. The van der Waals surface area contributed by atoms with Crippen LogP contribution in [0.25, 0.3) is 0 Å². The number of rotatable bonds is 3. The van der Waals surface area contributed by atoms with E-state index in [1.54, 1.807) is 0 Å². The number of hydrogen-bond donors (Lipinski definition) is 1. The van der Waals surface area contributed by atoms with E-state index in [9.17, 15) is 0 Å². The van der Waals surface area contributed by atoms with Gasteiger partial charge in [-0.25, -0.2) is 0 Å². The molecule has 0 aromatic carbocycles. The molecule has 70 valence electrons. The molecule has 2 heteroatoms. The third-order valence-corrected chi connectivity index (χ3v) is 2.96. The van der Waals surface area contributed by atoms with Gasteiger partial charge in [0.1, 0.15) is 0 Å². The number of aryl methyl sites for hydroxylation is 1. The zero-order valence-electron chi connectivity index (χ0n) is 8.09. The van der Waals surface area contributed by atoms with Gasteiger partial charge in [0.05, 0.1) is 0 Å². The largest absolute Gasteiger partial charge is 0.330 e. The number of nitrogens with two attached hydrogens (primary N) is 1. The maximum absolute atomic E-state index is 5.61. The summed E-state index contributed by atoms with van der Waals surface area (Å²) in [5.74, 6) is 0. The van der Waals surface area contributed by atoms with Gasteiger partial charge in [-0.05, 0) is 49.3 Å². The molecular weight excluding hydrogens is 160 g/mol. The van der Waals surface area contributed by atoms with Gasteiger partial charge in [-0.3, -0.25) is 4.98 Å². The van der Waals surface area contributed by atoms with Crippen LogP contribution in [0.4, 0.5) is 0 Å². The molecule has 2 N–H and O–H groups in total. The van der Waals surface area contributed by atoms with Crippen LogP contribution in [0.5, 0.6) is 0 Å². The molecule has 13 heavy (non-hydrogen) atoms. The van der Waals surface area contributed by atoms with Gasteiger partial charge in [0.25, 0.3) is 0 Å². The summed E-state index contributed by atoms with van der Waals surface area (Å²) in [6.45, 7) is 2.88. The van der Waals surface area contributed by atoms with Crippen LogP contribution in [0.3, 0.4) is 0 Å². The molecule has 2 nitrogen and oxygen atoms in total. The van der Waals surface area contributed by atoms with E-state index in [2.05, 4.69) is 18.0 Å². The second-order valence-corrected chi connectivity index (χ2v) is 4.07. The van der Waals surface area contributed by atoms with Crippen LogP contribution in [0.15, 0.2) is 18.5 Å². The van der Waals surface area contributed by atoms with Crippen molar-refractivity contribution in [2.24, 2.45) is 5.73 Å². The molecule has 1 aromatic rings. The highest BCUT2D eigenvalue weighted by Crippen LogP contribution is 2.50. The molecule has 0 spiro atoms. The summed E-state index contributed by atoms with van der Waals surface area (Å²) in [5, 5.41) is 0. The van der Waals surface area contributed by atoms with Crippen LogP contribution < -0.4 is 5.73 Å². The first-order valence-corrected chi connectivity index (χ1v) is 4.89. The minimum atomic E-state index is 0.397. The van der Waals surface area contributed by atoms with E-state index >= 15 is 0 Å². The monoisotopic (exact) mass is 176 g/mol. The first kappa shape index (κ1) is 8.70. The fraction of sp³-hybridized carbons (Fsp3) is 0.545. The average Bonchev–Trinajstić information content (AvgIpc) is 2.86. The Morgan fingerprint density at radius 1 is 1.46 bits per heavy atom. The molecule has 1 heterocycles. The number of hydrogen-bond acceptors (Lipinski definition) is 2. The second kappa shape index (κ2) is 3.11. The smallest absolute Gasteiger partial charge is 0.0305 e. The van der Waals surface area contributed by atoms with Crippen molar-refractivity contribution in [1.29, 1.82) is 0 Å². The summed E-state index contributed by atoms with van der Waals surface area (Å²) in [6, 6.07) is 2.25. The third kappa shape index (κ3) is 1.59. The number of aromatic nitrogens is 1. The Morgan fingerprint density at radius 3 is 2.77 bits per heavy atom. The van der Waals surface area contributed by atoms with E-state index in [1.165, 1.54) is 24.0 Å². The normalized spacial score (nSPS) is 18.6. The van der Waals surface area contributed by atoms with Gasteiger partial charge in [-0.1, -0.05) is 6.07 Å². The van der Waals surface area contributed by atoms with E-state index < -0.39 is 0 Å². The molecule has 1 aromatic heterocycles. The molecule has 2 rings (SSSR count). The van der Waals surface area contributed by atoms with Crippen LogP contribution in [0, 0.1) is 6.92 Å². The van der Waals surface area contributed by atoms with Gasteiger partial charge in [-0.2, -0.15) is 0 Å². The Hall–Kier alpha value is -0.890. The average molecular weight is 176 g/mol. The maximum atomic E-state index is 5.61. The van der Waals surface area contributed by atoms with E-state index in [0.29, 0.717) is 5.41 Å². The fourth-order valence-corrected chi connectivity index (χ4v) is 1.96. The summed E-state index contributed by atoms with van der Waals surface area (Å²) in [7, 11) is 0. The lowest BCUT2D eigenvalue weighted by Gasteiger charge is -2.13. The number of pyridine rings is 1. The van der Waals surface area contributed by atoms with Crippen molar-refractivity contribution >= 4 is 0 Å². The van der Waals surface area contributed by atoms with Crippen LogP contribution in [0.1, 0.15) is 30.4 Å². The molecule has 1 aliphatic carbocycles. The Kier molecular flexibility index (Phi) is 2.08. The van der Waals surface area contributed by atoms with Crippen molar-refractivity contribution in [1.82, 2.24) is 4.98 Å². The SMILES string of the molecule is Cc1cncc(C2(CCN)CC2)c1. The zero-order chi connectivity index (χ0) is 9.31. The first-order valence-electron chi connectivity index (χ1n) is 4.89. The summed E-state index contributed by atoms with van der Waals surface area (Å²) in [5.41, 5.74) is 8.64. The molecule has 1 aliphatic rings. The van der Waals surface area contributed by atoms with Gasteiger partial charge in [0.15, 0.2) is 0 Å². The highest BCUT2D eigenvalue weighted by Gasteiger charge is 2.43. The van der Waals surface area contributed by atoms with Crippen molar-refractivity contribution in [3.8, 4) is 0 Å². The maximum Gasteiger partial charge on any atom is 0.0305 e. The summed E-state index contributed by atoms with van der Waals surface area (Å²) >= 11 is 0. The third-order valence-electron chi connectivity index (χ3n) is 2.96. The Bertz CT molecular complexity index is 303. The van der Waals surface area contributed by atoms with E-state index in [-0.39, 0.29) is 0 Å². The van der Waals surface area contributed by atoms with Gasteiger partial charge in [0.2, 0.25) is 0 Å². The van der Waals surface area contributed by atoms with E-state index in [4.69, 9.17) is 5.73 Å². The van der Waals surface area contributed by atoms with Crippen LogP contribution in [-0.2, 0) is 5.41 Å². The summed E-state index contributed by atoms with van der Waals surface area (Å²) in [6.07, 6.45) is 7.58. The molecule has 0 unspecified atom stereocenters. The van der Waals surface area contributed by atoms with Crippen molar-refractivity contribution in [2.75, 3.05) is 6.54 Å². The summed E-state index contributed by atoms with van der Waals surface area (Å²) in [4.78, 5) is 4.23. The predicted molar refractivity (Wildman–Crippen MR) is 53.6 cm³/mol. The lowest BCUT2D eigenvalue weighted by atomic mass is 9.93. The molecule has 0 bridgehead atoms. The molecule has 0 aliphatic heterocycles. The topological polar surface area (TPSA) is 38.9 Å². The molecule has 0 atom stereocenters. The Morgan fingerprint density at radius 2 is 2.23 bits per heavy atom. The Labute approximate surface area is 79.2 Å². The van der Waals surface area contributed by atoms with Crippen LogP contribution >= 0.6 is 0 Å². The van der Waals surface area contributed by atoms with Crippen molar-refractivity contribution < 1.29 is 0 Å². The van der Waals surface area contributed by atoms with Gasteiger partial charge in [0, 0.05) is 12.4 Å². The van der Waals surface area contributed by atoms with Crippen molar-refractivity contribution in [3.63, 3.8) is 0 Å². The van der Waals surface area contributed by atoms with E-state index in [1.807, 2.05) is 12.4 Å². The molecule has 1 fully saturated rings. The van der Waals surface area contributed by atoms with Crippen molar-refractivity contribution in [2.45, 2.75) is 31.6 Å². The van der Waals surface area contributed by atoms with Crippen molar-refractivity contribution in [3.05, 3.63) is 29.6 Å². The lowest BCUT2D eigenvalue weighted by molar-refractivity contribution is 0.626. The number of nitrogens with zero attached hydrogens (tertiary/aromatic N) is 1. The van der Waals surface area contributed by atoms with E-state index in [0.717, 1.165) is 13.0 Å². The minimum Gasteiger partial charge on any atom is -0.330 e. The lowest BCUT2D eigenvalue weighted by Crippen LogP contribution is -2.13. The molecule has 1 saturated carbocycles. The fourth-order valence-electron chi connectivity index (χ4n) is 1.96. The minimum absolute atomic E-state index is 0.397. The first-order chi connectivity index (χ1) is 6.27. The highest BCUT2D eigenvalue weighted by molar-refractivity contribution is 5.31. The van der Waals surface area contributed by atoms with Gasteiger partial charge >= 0.3 is 0 Å². The molecule has 0 amide bonds. The standard InChI is InChI=1S/C11H16N2/c1-9-6-10(8-13-7-9)11(2-3-11)4-5-12/h6-8H,2-5,12H2,1H3. The molecular formula is C11H16N2. The molecule has 0 radical (unpaired) electrons. The highest BCUT2D eigenvalue weighted by atomic mass is 14.7. The molecule has 0 saturated heterocycles. The van der Waals surface area contributed by atoms with Gasteiger partial charge < -0.3 is 5.73 Å².